The topological polar surface area (TPSA) is 84.2 Å². The average Bonchev–Trinajstić information content (AvgIpc) is 2.11. The van der Waals surface area contributed by atoms with Gasteiger partial charge < -0.3 is 16.4 Å². The molecule has 4 N–H and O–H groups in total. The SMILES string of the molecule is CC(NCC(C)(C)C(N)=O)C(=O)NC(C)(C)C. The fourth-order valence-electron chi connectivity index (χ4n) is 1.07. The Hall–Kier alpha value is -1.10. The number of hydrogen-bond acceptors (Lipinski definition) is 3. The summed E-state index contributed by atoms with van der Waals surface area (Å²) in [4.78, 5) is 22.9. The van der Waals surface area contributed by atoms with Crippen molar-refractivity contribution in [1.29, 1.82) is 0 Å². The maximum Gasteiger partial charge on any atom is 0.237 e. The van der Waals surface area contributed by atoms with Gasteiger partial charge in [0.15, 0.2) is 0 Å². The van der Waals surface area contributed by atoms with Gasteiger partial charge in [-0.3, -0.25) is 9.59 Å². The molecule has 0 radical (unpaired) electrons. The van der Waals surface area contributed by atoms with E-state index in [4.69, 9.17) is 5.73 Å². The first kappa shape index (κ1) is 15.9. The lowest BCUT2D eigenvalue weighted by Crippen LogP contribution is -2.52. The van der Waals surface area contributed by atoms with Crippen LogP contribution in [0.25, 0.3) is 0 Å². The van der Waals surface area contributed by atoms with E-state index in [-0.39, 0.29) is 23.4 Å². The van der Waals surface area contributed by atoms with Crippen molar-refractivity contribution in [3.05, 3.63) is 0 Å². The molecule has 0 aromatic rings. The van der Waals surface area contributed by atoms with E-state index in [1.54, 1.807) is 20.8 Å². The number of carbonyl (C=O) groups excluding carboxylic acids is 2. The minimum Gasteiger partial charge on any atom is -0.369 e. The molecular formula is C12H25N3O2. The van der Waals surface area contributed by atoms with Crippen molar-refractivity contribution in [3.63, 3.8) is 0 Å². The molecule has 0 heterocycles. The van der Waals surface area contributed by atoms with Crippen molar-refractivity contribution in [2.24, 2.45) is 11.1 Å². The number of carbonyl (C=O) groups is 2. The minimum absolute atomic E-state index is 0.0854. The molecule has 5 heteroatoms. The van der Waals surface area contributed by atoms with Gasteiger partial charge in [0.1, 0.15) is 0 Å². The maximum absolute atomic E-state index is 11.8. The summed E-state index contributed by atoms with van der Waals surface area (Å²) in [5, 5.41) is 5.88. The van der Waals surface area contributed by atoms with Crippen molar-refractivity contribution in [3.8, 4) is 0 Å². The molecule has 0 spiro atoms. The number of nitrogens with one attached hydrogen (secondary N) is 2. The molecule has 0 saturated carbocycles. The van der Waals surface area contributed by atoms with Gasteiger partial charge in [-0.05, 0) is 41.5 Å². The molecule has 2 amide bonds. The minimum atomic E-state index is -0.656. The van der Waals surface area contributed by atoms with Crippen LogP contribution in [0.5, 0.6) is 0 Å². The van der Waals surface area contributed by atoms with E-state index >= 15 is 0 Å². The van der Waals surface area contributed by atoms with Gasteiger partial charge in [-0.15, -0.1) is 0 Å². The zero-order chi connectivity index (χ0) is 13.9. The van der Waals surface area contributed by atoms with Crippen molar-refractivity contribution < 1.29 is 9.59 Å². The Kier molecular flexibility index (Phi) is 5.13. The maximum atomic E-state index is 11.8. The van der Waals surface area contributed by atoms with E-state index in [1.165, 1.54) is 0 Å². The zero-order valence-corrected chi connectivity index (χ0v) is 11.7. The molecule has 0 bridgehead atoms. The summed E-state index contributed by atoms with van der Waals surface area (Å²) in [6.45, 7) is 11.4. The molecule has 0 aromatic carbocycles. The Labute approximate surface area is 104 Å². The first-order valence-corrected chi connectivity index (χ1v) is 5.81. The summed E-state index contributed by atoms with van der Waals surface area (Å²) in [6.07, 6.45) is 0. The van der Waals surface area contributed by atoms with Crippen LogP contribution in [-0.2, 0) is 9.59 Å². The molecule has 0 fully saturated rings. The van der Waals surface area contributed by atoms with Gasteiger partial charge in [0.2, 0.25) is 11.8 Å². The Balaban J connectivity index is 4.24. The first-order chi connectivity index (χ1) is 7.46. The quantitative estimate of drug-likeness (QED) is 0.653. The predicted molar refractivity (Wildman–Crippen MR) is 68.3 cm³/mol. The number of amides is 2. The Morgan fingerprint density at radius 3 is 2.00 bits per heavy atom. The summed E-state index contributed by atoms with van der Waals surface area (Å²) in [6, 6.07) is -0.354. The molecule has 0 aromatic heterocycles. The van der Waals surface area contributed by atoms with Gasteiger partial charge in [-0.2, -0.15) is 0 Å². The molecule has 1 unspecified atom stereocenters. The van der Waals surface area contributed by atoms with Crippen molar-refractivity contribution in [1.82, 2.24) is 10.6 Å². The number of nitrogens with two attached hydrogens (primary N) is 1. The summed E-state index contributed by atoms with van der Waals surface area (Å²) in [5.41, 5.74) is 4.34. The molecule has 0 saturated heterocycles. The summed E-state index contributed by atoms with van der Waals surface area (Å²) >= 11 is 0. The van der Waals surface area contributed by atoms with E-state index in [9.17, 15) is 9.59 Å². The number of primary amides is 1. The highest BCUT2D eigenvalue weighted by Gasteiger charge is 2.27. The summed E-state index contributed by atoms with van der Waals surface area (Å²) < 4.78 is 0. The zero-order valence-electron chi connectivity index (χ0n) is 11.7. The second kappa shape index (κ2) is 5.49. The molecule has 1 atom stereocenters. The molecule has 0 aliphatic carbocycles. The second-order valence-electron chi connectivity index (χ2n) is 6.09. The molecule has 0 aliphatic rings. The normalized spacial score (nSPS) is 14.2. The van der Waals surface area contributed by atoms with Crippen LogP contribution in [0.1, 0.15) is 41.5 Å². The highest BCUT2D eigenvalue weighted by atomic mass is 16.2. The highest BCUT2D eigenvalue weighted by molar-refractivity contribution is 5.82. The van der Waals surface area contributed by atoms with E-state index < -0.39 is 5.41 Å². The van der Waals surface area contributed by atoms with Gasteiger partial charge >= 0.3 is 0 Å². The number of rotatable bonds is 5. The fraction of sp³-hybridized carbons (Fsp3) is 0.833. The van der Waals surface area contributed by atoms with Crippen LogP contribution in [-0.4, -0.2) is 29.9 Å². The van der Waals surface area contributed by atoms with Gasteiger partial charge in [0, 0.05) is 12.1 Å². The predicted octanol–water partition coefficient (Wildman–Crippen LogP) is 0.391. The molecule has 100 valence electrons. The second-order valence-corrected chi connectivity index (χ2v) is 6.09. The third-order valence-corrected chi connectivity index (χ3v) is 2.41. The Bertz CT molecular complexity index is 293. The standard InChI is InChI=1S/C12H25N3O2/c1-8(9(16)15-11(2,3)4)14-7-12(5,6)10(13)17/h8,14H,7H2,1-6H3,(H2,13,17)(H,15,16). The third-order valence-electron chi connectivity index (χ3n) is 2.41. The monoisotopic (exact) mass is 243 g/mol. The van der Waals surface area contributed by atoms with Crippen molar-refractivity contribution in [2.45, 2.75) is 53.1 Å². The van der Waals surface area contributed by atoms with Crippen LogP contribution in [0, 0.1) is 5.41 Å². The summed E-state index contributed by atoms with van der Waals surface area (Å²) in [5.74, 6) is -0.466. The van der Waals surface area contributed by atoms with Crippen LogP contribution in [0.3, 0.4) is 0 Å². The molecule has 0 rings (SSSR count). The van der Waals surface area contributed by atoms with Crippen LogP contribution in [0.4, 0.5) is 0 Å². The van der Waals surface area contributed by atoms with Gasteiger partial charge in [-0.25, -0.2) is 0 Å². The Morgan fingerprint density at radius 2 is 1.65 bits per heavy atom. The van der Waals surface area contributed by atoms with Gasteiger partial charge in [0.25, 0.3) is 0 Å². The van der Waals surface area contributed by atoms with Crippen molar-refractivity contribution in [2.75, 3.05) is 6.54 Å². The third kappa shape index (κ3) is 6.26. The first-order valence-electron chi connectivity index (χ1n) is 5.81. The van der Waals surface area contributed by atoms with Crippen molar-refractivity contribution >= 4 is 11.8 Å². The van der Waals surface area contributed by atoms with Crippen LogP contribution in [0.15, 0.2) is 0 Å². The molecule has 0 aliphatic heterocycles. The average molecular weight is 243 g/mol. The molecule has 5 nitrogen and oxygen atoms in total. The molecule has 17 heavy (non-hydrogen) atoms. The lowest BCUT2D eigenvalue weighted by molar-refractivity contribution is -0.127. The largest absolute Gasteiger partial charge is 0.369 e. The van der Waals surface area contributed by atoms with Crippen LogP contribution >= 0.6 is 0 Å². The highest BCUT2D eigenvalue weighted by Crippen LogP contribution is 2.12. The van der Waals surface area contributed by atoms with E-state index in [0.717, 1.165) is 0 Å². The van der Waals surface area contributed by atoms with E-state index in [2.05, 4.69) is 10.6 Å². The van der Waals surface area contributed by atoms with Crippen LogP contribution < -0.4 is 16.4 Å². The smallest absolute Gasteiger partial charge is 0.237 e. The van der Waals surface area contributed by atoms with E-state index in [1.807, 2.05) is 20.8 Å². The van der Waals surface area contributed by atoms with Gasteiger partial charge in [0.05, 0.1) is 11.5 Å². The number of hydrogen-bond donors (Lipinski definition) is 3. The molecular weight excluding hydrogens is 218 g/mol. The lowest BCUT2D eigenvalue weighted by atomic mass is 9.92. The van der Waals surface area contributed by atoms with Crippen LogP contribution in [0.2, 0.25) is 0 Å². The van der Waals surface area contributed by atoms with Gasteiger partial charge in [-0.1, -0.05) is 0 Å². The lowest BCUT2D eigenvalue weighted by Gasteiger charge is -2.26. The fourth-order valence-corrected chi connectivity index (χ4v) is 1.07. The summed E-state index contributed by atoms with van der Waals surface area (Å²) in [7, 11) is 0. The Morgan fingerprint density at radius 1 is 1.18 bits per heavy atom. The van der Waals surface area contributed by atoms with E-state index in [0.29, 0.717) is 6.54 Å².